The summed E-state index contributed by atoms with van der Waals surface area (Å²) >= 11 is 0. The predicted molar refractivity (Wildman–Crippen MR) is 185 cm³/mol. The van der Waals surface area contributed by atoms with Crippen molar-refractivity contribution in [1.82, 2.24) is 16.0 Å². The summed E-state index contributed by atoms with van der Waals surface area (Å²) in [6, 6.07) is -0.817. The van der Waals surface area contributed by atoms with Crippen molar-refractivity contribution in [3.8, 4) is 0 Å². The number of esters is 1. The molecule has 0 aromatic heterocycles. The van der Waals surface area contributed by atoms with Crippen LogP contribution in [0.15, 0.2) is 0 Å². The topological polar surface area (TPSA) is 205 Å². The molecule has 3 amide bonds. The molecule has 1 atom stereocenters. The van der Waals surface area contributed by atoms with E-state index in [1.165, 1.54) is 7.11 Å². The molecule has 17 heteroatoms. The lowest BCUT2D eigenvalue weighted by Gasteiger charge is -2.19. The molecule has 17 nitrogen and oxygen atoms in total. The summed E-state index contributed by atoms with van der Waals surface area (Å²) < 4.78 is 47.3. The van der Waals surface area contributed by atoms with Crippen LogP contribution in [0.25, 0.3) is 0 Å². The molecule has 0 spiro atoms. The Hall–Kier alpha value is -3.09. The van der Waals surface area contributed by atoms with Crippen molar-refractivity contribution >= 4 is 29.8 Å². The number of ketones is 1. The first kappa shape index (κ1) is 47.9. The summed E-state index contributed by atoms with van der Waals surface area (Å²) in [5.41, 5.74) is -1.11. The maximum Gasteiger partial charge on any atom is 0.407 e. The molecule has 0 bridgehead atoms. The zero-order valence-corrected chi connectivity index (χ0v) is 31.7. The number of carbonyl (C=O) groups is 5. The quantitative estimate of drug-likeness (QED) is 0.0550. The largest absolute Gasteiger partial charge is 0.467 e. The second-order valence-corrected chi connectivity index (χ2v) is 13.2. The molecule has 0 heterocycles. The van der Waals surface area contributed by atoms with Gasteiger partial charge in [-0.05, 0) is 54.4 Å². The highest BCUT2D eigenvalue weighted by Crippen LogP contribution is 2.09. The minimum Gasteiger partial charge on any atom is -0.467 e. The van der Waals surface area contributed by atoms with Crippen molar-refractivity contribution in [2.75, 3.05) is 99.5 Å². The summed E-state index contributed by atoms with van der Waals surface area (Å²) in [5.74, 6) is -1.04. The number of carbonyl (C=O) groups excluding carboxylic acids is 5. The number of alkyl carbamates (subject to hydrolysis) is 2. The molecular formula is C34H63N3O14. The average molecular weight is 738 g/mol. The second kappa shape index (κ2) is 29.5. The normalized spacial score (nSPS) is 12.1. The number of hydrogen-bond acceptors (Lipinski definition) is 14. The molecule has 0 aliphatic carbocycles. The molecule has 0 rings (SSSR count). The van der Waals surface area contributed by atoms with Crippen LogP contribution < -0.4 is 16.0 Å². The van der Waals surface area contributed by atoms with E-state index in [2.05, 4.69) is 16.0 Å². The van der Waals surface area contributed by atoms with Crippen LogP contribution in [0, 0.1) is 0 Å². The Kier molecular flexibility index (Phi) is 27.7. The van der Waals surface area contributed by atoms with E-state index in [1.54, 1.807) is 41.5 Å². The van der Waals surface area contributed by atoms with E-state index >= 15 is 0 Å². The Bertz CT molecular complexity index is 969. The number of rotatable bonds is 30. The Balaban J connectivity index is 3.78. The van der Waals surface area contributed by atoms with E-state index in [-0.39, 0.29) is 38.8 Å². The average Bonchev–Trinajstić information content (AvgIpc) is 3.03. The third-order valence-corrected chi connectivity index (χ3v) is 6.08. The lowest BCUT2D eigenvalue weighted by Crippen LogP contribution is -2.43. The van der Waals surface area contributed by atoms with Crippen LogP contribution in [0.1, 0.15) is 73.6 Å². The molecule has 0 aliphatic heterocycles. The number of methoxy groups -OCH3 is 1. The van der Waals surface area contributed by atoms with Crippen molar-refractivity contribution in [3.05, 3.63) is 0 Å². The van der Waals surface area contributed by atoms with Crippen LogP contribution >= 0.6 is 0 Å². The second-order valence-electron chi connectivity index (χ2n) is 13.2. The fourth-order valence-corrected chi connectivity index (χ4v) is 3.86. The molecule has 3 N–H and O–H groups in total. The Morgan fingerprint density at radius 2 is 0.980 bits per heavy atom. The highest BCUT2D eigenvalue weighted by atomic mass is 16.6. The molecule has 0 saturated heterocycles. The van der Waals surface area contributed by atoms with E-state index in [1.807, 2.05) is 0 Å². The fourth-order valence-electron chi connectivity index (χ4n) is 3.86. The Labute approximate surface area is 302 Å². The summed E-state index contributed by atoms with van der Waals surface area (Å²) in [4.78, 5) is 59.6. The number of Topliss-reactive ketones (excluding diaryl/α,β-unsaturated/α-hetero) is 1. The fraction of sp³-hybridized carbons (Fsp3) is 0.853. The summed E-state index contributed by atoms with van der Waals surface area (Å²) in [6.45, 7) is 14.1. The van der Waals surface area contributed by atoms with Gasteiger partial charge in [0, 0.05) is 19.5 Å². The van der Waals surface area contributed by atoms with Crippen LogP contribution in [0.4, 0.5) is 9.59 Å². The van der Waals surface area contributed by atoms with Crippen molar-refractivity contribution in [2.24, 2.45) is 0 Å². The van der Waals surface area contributed by atoms with Crippen LogP contribution in [0.2, 0.25) is 0 Å². The summed E-state index contributed by atoms with van der Waals surface area (Å²) in [7, 11) is 1.25. The molecule has 0 aromatic rings. The van der Waals surface area contributed by atoms with Gasteiger partial charge in [-0.1, -0.05) is 12.8 Å². The lowest BCUT2D eigenvalue weighted by atomic mass is 10.1. The highest BCUT2D eigenvalue weighted by molar-refractivity contribution is 5.85. The SMILES string of the molecule is COC(=O)C(CCCCCC(=O)COCCOCCOCCNC(=O)OC(C)(C)C)NC(=O)COCCOCCOCCNC(=O)OC(C)(C)C. The van der Waals surface area contributed by atoms with E-state index < -0.39 is 41.3 Å². The van der Waals surface area contributed by atoms with Gasteiger partial charge in [0.1, 0.15) is 30.5 Å². The maximum absolute atomic E-state index is 12.3. The molecular weight excluding hydrogens is 674 g/mol. The van der Waals surface area contributed by atoms with Crippen molar-refractivity contribution < 1.29 is 66.6 Å². The smallest absolute Gasteiger partial charge is 0.407 e. The molecule has 0 fully saturated rings. The molecule has 298 valence electrons. The van der Waals surface area contributed by atoms with Gasteiger partial charge in [0.05, 0.1) is 73.2 Å². The van der Waals surface area contributed by atoms with Crippen LogP contribution in [-0.2, 0) is 57.0 Å². The van der Waals surface area contributed by atoms with E-state index in [9.17, 15) is 24.0 Å². The maximum atomic E-state index is 12.3. The highest BCUT2D eigenvalue weighted by Gasteiger charge is 2.21. The molecule has 0 radical (unpaired) electrons. The van der Waals surface area contributed by atoms with Crippen molar-refractivity contribution in [2.45, 2.75) is 90.9 Å². The van der Waals surface area contributed by atoms with Crippen LogP contribution in [-0.4, -0.2) is 147 Å². The number of unbranched alkanes of at least 4 members (excludes halogenated alkanes) is 2. The molecule has 1 unspecified atom stereocenters. The minimum atomic E-state index is -0.817. The number of hydrogen-bond donors (Lipinski definition) is 3. The summed E-state index contributed by atoms with van der Waals surface area (Å²) in [6.07, 6.45) is 1.62. The van der Waals surface area contributed by atoms with Gasteiger partial charge in [-0.3, -0.25) is 9.59 Å². The van der Waals surface area contributed by atoms with Crippen molar-refractivity contribution in [3.63, 3.8) is 0 Å². The Morgan fingerprint density at radius 1 is 0.549 bits per heavy atom. The van der Waals surface area contributed by atoms with Crippen molar-refractivity contribution in [1.29, 1.82) is 0 Å². The van der Waals surface area contributed by atoms with Gasteiger partial charge in [0.25, 0.3) is 0 Å². The summed E-state index contributed by atoms with van der Waals surface area (Å²) in [5, 5.41) is 7.82. The van der Waals surface area contributed by atoms with Gasteiger partial charge in [-0.25, -0.2) is 14.4 Å². The van der Waals surface area contributed by atoms with Gasteiger partial charge in [0.2, 0.25) is 5.91 Å². The van der Waals surface area contributed by atoms with Gasteiger partial charge < -0.3 is 58.6 Å². The molecule has 0 aliphatic rings. The number of nitrogens with one attached hydrogen (secondary N) is 3. The first-order chi connectivity index (χ1) is 24.1. The molecule has 0 aromatic carbocycles. The van der Waals surface area contributed by atoms with Crippen LogP contribution in [0.3, 0.4) is 0 Å². The van der Waals surface area contributed by atoms with Gasteiger partial charge in [-0.2, -0.15) is 0 Å². The van der Waals surface area contributed by atoms with E-state index in [4.69, 9.17) is 42.6 Å². The first-order valence-electron chi connectivity index (χ1n) is 17.4. The van der Waals surface area contributed by atoms with Crippen LogP contribution in [0.5, 0.6) is 0 Å². The zero-order valence-electron chi connectivity index (χ0n) is 31.7. The van der Waals surface area contributed by atoms with Gasteiger partial charge in [0.15, 0.2) is 5.78 Å². The predicted octanol–water partition coefficient (Wildman–Crippen LogP) is 2.31. The first-order valence-corrected chi connectivity index (χ1v) is 17.4. The lowest BCUT2D eigenvalue weighted by molar-refractivity contribution is -0.146. The van der Waals surface area contributed by atoms with E-state index in [0.717, 1.165) is 0 Å². The number of amides is 3. The Morgan fingerprint density at radius 3 is 1.43 bits per heavy atom. The third kappa shape index (κ3) is 33.8. The third-order valence-electron chi connectivity index (χ3n) is 6.08. The standard InChI is InChI=1S/C34H63N3O14/c1-33(2,3)50-31(41)35-13-15-44-17-19-46-21-23-48-25-27(38)11-9-8-10-12-28(30(40)43-7)37-29(39)26-49-24-22-47-20-18-45-16-14-36-32(42)51-34(4,5)6/h28H,8-26H2,1-7H3,(H,35,41)(H,36,42)(H,37,39). The minimum absolute atomic E-state index is 0.00898. The van der Waals surface area contributed by atoms with Gasteiger partial charge in [-0.15, -0.1) is 0 Å². The zero-order chi connectivity index (χ0) is 38.4. The van der Waals surface area contributed by atoms with E-state index in [0.29, 0.717) is 91.4 Å². The number of ether oxygens (including phenoxy) is 9. The molecule has 0 saturated carbocycles. The molecule has 51 heavy (non-hydrogen) atoms. The van der Waals surface area contributed by atoms with Gasteiger partial charge >= 0.3 is 18.2 Å². The monoisotopic (exact) mass is 737 g/mol.